The van der Waals surface area contributed by atoms with Crippen LogP contribution in [0.15, 0.2) is 48.5 Å². The molecule has 0 spiro atoms. The number of hydrogen-bond acceptors (Lipinski definition) is 1. The summed E-state index contributed by atoms with van der Waals surface area (Å²) in [4.78, 5) is 14.2. The largest absolute Gasteiger partial charge is 0.335 e. The second-order valence-corrected chi connectivity index (χ2v) is 5.69. The minimum absolute atomic E-state index is 0.0558. The van der Waals surface area contributed by atoms with Crippen molar-refractivity contribution in [3.05, 3.63) is 70.5 Å². The fourth-order valence-corrected chi connectivity index (χ4v) is 2.79. The van der Waals surface area contributed by atoms with E-state index < -0.39 is 5.82 Å². The highest BCUT2D eigenvalue weighted by Gasteiger charge is 2.33. The molecular weight excluding hydrogens is 289 g/mol. The molecule has 0 bridgehead atoms. The molecule has 4 heteroatoms. The first-order valence-corrected chi connectivity index (χ1v) is 7.33. The summed E-state index contributed by atoms with van der Waals surface area (Å²) in [7, 11) is 0. The van der Waals surface area contributed by atoms with Crippen molar-refractivity contribution in [1.82, 2.24) is 4.90 Å². The van der Waals surface area contributed by atoms with Crippen LogP contribution in [-0.4, -0.2) is 23.4 Å². The summed E-state index contributed by atoms with van der Waals surface area (Å²) in [5.74, 6) is -0.794. The van der Waals surface area contributed by atoms with Crippen LogP contribution in [0.4, 0.5) is 4.39 Å². The van der Waals surface area contributed by atoms with Crippen molar-refractivity contribution in [3.8, 4) is 0 Å². The molecule has 0 radical (unpaired) electrons. The predicted molar refractivity (Wildman–Crippen MR) is 81.0 cm³/mol. The van der Waals surface area contributed by atoms with Gasteiger partial charge in [0.15, 0.2) is 0 Å². The van der Waals surface area contributed by atoms with E-state index in [1.807, 2.05) is 30.3 Å². The van der Waals surface area contributed by atoms with Gasteiger partial charge in [0, 0.05) is 17.6 Å². The Morgan fingerprint density at radius 1 is 1.24 bits per heavy atom. The van der Waals surface area contributed by atoms with E-state index in [4.69, 9.17) is 11.6 Å². The molecule has 1 heterocycles. The van der Waals surface area contributed by atoms with E-state index in [2.05, 4.69) is 0 Å². The number of amides is 1. The smallest absolute Gasteiger partial charge is 0.257 e. The highest BCUT2D eigenvalue weighted by atomic mass is 35.5. The van der Waals surface area contributed by atoms with Crippen molar-refractivity contribution in [2.45, 2.75) is 18.9 Å². The molecule has 0 N–H and O–H groups in total. The van der Waals surface area contributed by atoms with E-state index in [0.29, 0.717) is 11.6 Å². The lowest BCUT2D eigenvalue weighted by Crippen LogP contribution is -2.52. The molecule has 1 aliphatic rings. The number of carbonyl (C=O) groups excluding carboxylic acids is 1. The van der Waals surface area contributed by atoms with Crippen LogP contribution in [0.1, 0.15) is 22.3 Å². The molecule has 2 aromatic rings. The molecule has 0 saturated carbocycles. The summed E-state index contributed by atoms with van der Waals surface area (Å²) in [6.45, 7) is 0.669. The second-order valence-electron chi connectivity index (χ2n) is 5.25. The summed E-state index contributed by atoms with van der Waals surface area (Å²) in [6.07, 6.45) is 1.75. The number of rotatable bonds is 3. The summed E-state index contributed by atoms with van der Waals surface area (Å²) in [5, 5.41) is 0.375. The molecule has 3 rings (SSSR count). The second kappa shape index (κ2) is 5.86. The molecular formula is C17H15ClFNO. The molecule has 21 heavy (non-hydrogen) atoms. The van der Waals surface area contributed by atoms with Gasteiger partial charge >= 0.3 is 0 Å². The van der Waals surface area contributed by atoms with E-state index in [1.165, 1.54) is 23.8 Å². The van der Waals surface area contributed by atoms with Crippen LogP contribution in [0.25, 0.3) is 0 Å². The minimum Gasteiger partial charge on any atom is -0.335 e. The normalized spacial score (nSPS) is 17.4. The first-order chi connectivity index (χ1) is 10.1. The van der Waals surface area contributed by atoms with Crippen LogP contribution in [0.2, 0.25) is 5.02 Å². The molecule has 0 aliphatic carbocycles. The molecule has 2 nitrogen and oxygen atoms in total. The number of nitrogens with zero attached hydrogens (tertiary/aromatic N) is 1. The quantitative estimate of drug-likeness (QED) is 0.841. The van der Waals surface area contributed by atoms with Gasteiger partial charge in [-0.2, -0.15) is 0 Å². The average molecular weight is 304 g/mol. The van der Waals surface area contributed by atoms with E-state index in [0.717, 1.165) is 12.8 Å². The van der Waals surface area contributed by atoms with E-state index in [-0.39, 0.29) is 17.5 Å². The Morgan fingerprint density at radius 3 is 2.67 bits per heavy atom. The van der Waals surface area contributed by atoms with Crippen molar-refractivity contribution in [3.63, 3.8) is 0 Å². The molecule has 108 valence electrons. The third kappa shape index (κ3) is 2.93. The number of hydrogen-bond donors (Lipinski definition) is 0. The molecule has 1 saturated heterocycles. The van der Waals surface area contributed by atoms with Crippen molar-refractivity contribution >= 4 is 17.5 Å². The van der Waals surface area contributed by atoms with Crippen LogP contribution >= 0.6 is 11.6 Å². The van der Waals surface area contributed by atoms with Crippen molar-refractivity contribution in [2.24, 2.45) is 0 Å². The highest BCUT2D eigenvalue weighted by Crippen LogP contribution is 2.26. The standard InChI is InChI=1S/C17H15ClFNO/c18-13-6-7-16(19)15(11-13)17(21)20-9-8-14(20)10-12-4-2-1-3-5-12/h1-7,11,14H,8-10H2/t14-/m1/s1. The average Bonchev–Trinajstić information content (AvgIpc) is 2.47. The Hall–Kier alpha value is -1.87. The van der Waals surface area contributed by atoms with Crippen LogP contribution in [0, 0.1) is 5.82 Å². The molecule has 0 unspecified atom stereocenters. The zero-order valence-corrected chi connectivity index (χ0v) is 12.2. The van der Waals surface area contributed by atoms with Crippen molar-refractivity contribution in [2.75, 3.05) is 6.54 Å². The molecule has 1 fully saturated rings. The topological polar surface area (TPSA) is 20.3 Å². The Bertz CT molecular complexity index is 659. The summed E-state index contributed by atoms with van der Waals surface area (Å²) in [6, 6.07) is 14.2. The monoisotopic (exact) mass is 303 g/mol. The maximum atomic E-state index is 13.8. The molecule has 1 atom stereocenters. The highest BCUT2D eigenvalue weighted by molar-refractivity contribution is 6.31. The lowest BCUT2D eigenvalue weighted by atomic mass is 9.94. The Morgan fingerprint density at radius 2 is 2.00 bits per heavy atom. The van der Waals surface area contributed by atoms with Gasteiger partial charge in [0.25, 0.3) is 5.91 Å². The molecule has 1 aliphatic heterocycles. The SMILES string of the molecule is O=C(c1cc(Cl)ccc1F)N1CC[C@@H]1Cc1ccccc1. The summed E-state index contributed by atoms with van der Waals surface area (Å²) < 4.78 is 13.8. The summed E-state index contributed by atoms with van der Waals surface area (Å²) in [5.41, 5.74) is 1.24. The fourth-order valence-electron chi connectivity index (χ4n) is 2.62. The maximum absolute atomic E-state index is 13.8. The maximum Gasteiger partial charge on any atom is 0.257 e. The first-order valence-electron chi connectivity index (χ1n) is 6.95. The van der Waals surface area contributed by atoms with Crippen LogP contribution in [0.3, 0.4) is 0 Å². The van der Waals surface area contributed by atoms with Crippen LogP contribution < -0.4 is 0 Å². The number of benzene rings is 2. The van der Waals surface area contributed by atoms with Gasteiger partial charge < -0.3 is 4.90 Å². The third-order valence-electron chi connectivity index (χ3n) is 3.88. The van der Waals surface area contributed by atoms with Gasteiger partial charge in [0.05, 0.1) is 5.56 Å². The van der Waals surface area contributed by atoms with Gasteiger partial charge in [-0.05, 0) is 36.6 Å². The zero-order chi connectivity index (χ0) is 14.8. The van der Waals surface area contributed by atoms with E-state index >= 15 is 0 Å². The van der Waals surface area contributed by atoms with Crippen LogP contribution in [-0.2, 0) is 6.42 Å². The van der Waals surface area contributed by atoms with Gasteiger partial charge in [0.2, 0.25) is 0 Å². The van der Waals surface area contributed by atoms with Crippen molar-refractivity contribution < 1.29 is 9.18 Å². The summed E-state index contributed by atoms with van der Waals surface area (Å²) >= 11 is 5.86. The third-order valence-corrected chi connectivity index (χ3v) is 4.11. The van der Waals surface area contributed by atoms with Crippen LogP contribution in [0.5, 0.6) is 0 Å². The molecule has 2 aromatic carbocycles. The van der Waals surface area contributed by atoms with E-state index in [9.17, 15) is 9.18 Å². The molecule has 0 aromatic heterocycles. The fraction of sp³-hybridized carbons (Fsp3) is 0.235. The van der Waals surface area contributed by atoms with Gasteiger partial charge in [-0.15, -0.1) is 0 Å². The first kappa shape index (κ1) is 14.1. The number of likely N-dealkylation sites (tertiary alicyclic amines) is 1. The Labute approximate surface area is 128 Å². The molecule has 1 amide bonds. The number of carbonyl (C=O) groups is 1. The number of halogens is 2. The van der Waals surface area contributed by atoms with Crippen molar-refractivity contribution in [1.29, 1.82) is 0 Å². The van der Waals surface area contributed by atoms with Gasteiger partial charge in [0.1, 0.15) is 5.82 Å². The van der Waals surface area contributed by atoms with E-state index in [1.54, 1.807) is 4.90 Å². The van der Waals surface area contributed by atoms with Gasteiger partial charge in [-0.3, -0.25) is 4.79 Å². The van der Waals surface area contributed by atoms with Gasteiger partial charge in [-0.1, -0.05) is 41.9 Å². The zero-order valence-electron chi connectivity index (χ0n) is 11.4. The Kier molecular flexibility index (Phi) is 3.93. The lowest BCUT2D eigenvalue weighted by molar-refractivity contribution is 0.0460. The lowest BCUT2D eigenvalue weighted by Gasteiger charge is -2.41. The Balaban J connectivity index is 1.75. The van der Waals surface area contributed by atoms with Gasteiger partial charge in [-0.25, -0.2) is 4.39 Å². The minimum atomic E-state index is -0.519. The predicted octanol–water partition coefficient (Wildman–Crippen LogP) is 3.94.